The van der Waals surface area contributed by atoms with E-state index in [-0.39, 0.29) is 5.82 Å². The Morgan fingerprint density at radius 2 is 1.85 bits per heavy atom. The fourth-order valence-corrected chi connectivity index (χ4v) is 2.80. The molecule has 0 spiro atoms. The van der Waals surface area contributed by atoms with Gasteiger partial charge in [-0.25, -0.2) is 19.0 Å². The zero-order valence-electron chi connectivity index (χ0n) is 13.6. The van der Waals surface area contributed by atoms with E-state index in [0.717, 1.165) is 11.1 Å². The molecule has 8 heteroatoms. The molecule has 1 N–H and O–H groups in total. The van der Waals surface area contributed by atoms with Crippen molar-refractivity contribution in [2.24, 2.45) is 0 Å². The Hall–Kier alpha value is -3.06. The molecule has 0 bridgehead atoms. The molecule has 0 aliphatic carbocycles. The van der Waals surface area contributed by atoms with Gasteiger partial charge in [0.25, 0.3) is 0 Å². The number of anilines is 1. The van der Waals surface area contributed by atoms with Gasteiger partial charge in [-0.2, -0.15) is 0 Å². The molecule has 0 atom stereocenters. The third-order valence-corrected chi connectivity index (χ3v) is 4.32. The lowest BCUT2D eigenvalue weighted by Gasteiger charge is -2.06. The lowest BCUT2D eigenvalue weighted by molar-refractivity contribution is 0.627. The van der Waals surface area contributed by atoms with Crippen molar-refractivity contribution >= 4 is 28.6 Å². The summed E-state index contributed by atoms with van der Waals surface area (Å²) < 4.78 is 14.7. The molecule has 6 nitrogen and oxygen atoms in total. The molecule has 4 aromatic rings. The van der Waals surface area contributed by atoms with Crippen LogP contribution in [0.1, 0.15) is 11.1 Å². The van der Waals surface area contributed by atoms with Crippen LogP contribution in [0, 0.1) is 5.82 Å². The minimum Gasteiger partial charge on any atom is -0.364 e. The Bertz CT molecular complexity index is 1050. The molecular formula is C18H14ClFN6. The van der Waals surface area contributed by atoms with Crippen molar-refractivity contribution in [2.45, 2.75) is 13.1 Å². The Kier molecular flexibility index (Phi) is 4.45. The highest BCUT2D eigenvalue weighted by Gasteiger charge is 2.12. The maximum atomic E-state index is 13.0. The zero-order chi connectivity index (χ0) is 17.9. The van der Waals surface area contributed by atoms with Crippen molar-refractivity contribution in [1.82, 2.24) is 25.0 Å². The average molecular weight is 369 g/mol. The molecule has 0 aliphatic rings. The highest BCUT2D eigenvalue weighted by molar-refractivity contribution is 6.31. The second-order valence-corrected chi connectivity index (χ2v) is 6.12. The van der Waals surface area contributed by atoms with Crippen molar-refractivity contribution in [1.29, 1.82) is 0 Å². The summed E-state index contributed by atoms with van der Waals surface area (Å²) in [6, 6.07) is 13.9. The number of nitrogens with zero attached hydrogens (tertiary/aromatic N) is 5. The number of halogens is 2. The van der Waals surface area contributed by atoms with Crippen molar-refractivity contribution in [3.05, 3.63) is 76.8 Å². The Morgan fingerprint density at radius 1 is 1.04 bits per heavy atom. The van der Waals surface area contributed by atoms with E-state index in [9.17, 15) is 4.39 Å². The molecule has 2 aromatic carbocycles. The summed E-state index contributed by atoms with van der Waals surface area (Å²) >= 11 is 6.22. The summed E-state index contributed by atoms with van der Waals surface area (Å²) in [5, 5.41) is 12.2. The monoisotopic (exact) mass is 368 g/mol. The molecule has 4 rings (SSSR count). The van der Waals surface area contributed by atoms with Crippen molar-refractivity contribution < 1.29 is 4.39 Å². The van der Waals surface area contributed by atoms with Crippen LogP contribution in [0.4, 0.5) is 10.2 Å². The van der Waals surface area contributed by atoms with Crippen molar-refractivity contribution in [3.8, 4) is 0 Å². The fraction of sp³-hybridized carbons (Fsp3) is 0.111. The molecule has 2 heterocycles. The summed E-state index contributed by atoms with van der Waals surface area (Å²) in [7, 11) is 0. The number of fused-ring (bicyclic) bond motifs is 1. The van der Waals surface area contributed by atoms with Crippen molar-refractivity contribution in [2.75, 3.05) is 5.32 Å². The molecule has 0 amide bonds. The van der Waals surface area contributed by atoms with Gasteiger partial charge in [0.15, 0.2) is 17.0 Å². The van der Waals surface area contributed by atoms with Gasteiger partial charge in [-0.1, -0.05) is 47.1 Å². The van der Waals surface area contributed by atoms with Gasteiger partial charge in [-0.05, 0) is 29.3 Å². The number of hydrogen-bond donors (Lipinski definition) is 1. The summed E-state index contributed by atoms with van der Waals surface area (Å²) in [4.78, 5) is 8.53. The van der Waals surface area contributed by atoms with E-state index >= 15 is 0 Å². The van der Waals surface area contributed by atoms with Gasteiger partial charge in [-0.3, -0.25) is 0 Å². The Balaban J connectivity index is 1.58. The molecular weight excluding hydrogens is 355 g/mol. The summed E-state index contributed by atoms with van der Waals surface area (Å²) in [6.07, 6.45) is 1.46. The van der Waals surface area contributed by atoms with E-state index in [4.69, 9.17) is 11.6 Å². The first kappa shape index (κ1) is 16.4. The average Bonchev–Trinajstić information content (AvgIpc) is 3.07. The lowest BCUT2D eigenvalue weighted by atomic mass is 10.2. The number of aromatic nitrogens is 5. The molecule has 2 aromatic heterocycles. The van der Waals surface area contributed by atoms with Gasteiger partial charge in [-0.15, -0.1) is 5.10 Å². The maximum Gasteiger partial charge on any atom is 0.184 e. The standard InChI is InChI=1S/C18H14ClFN6/c19-15-4-2-1-3-13(15)10-26-18-16(24-25-26)17(22-11-23-18)21-9-12-5-7-14(20)8-6-12/h1-8,11H,9-10H2,(H,21,22,23). The predicted molar refractivity (Wildman–Crippen MR) is 97.4 cm³/mol. The van der Waals surface area contributed by atoms with Gasteiger partial charge >= 0.3 is 0 Å². The third kappa shape index (κ3) is 3.34. The second kappa shape index (κ2) is 7.05. The van der Waals surface area contributed by atoms with Crippen LogP contribution in [-0.2, 0) is 13.1 Å². The first-order chi connectivity index (χ1) is 12.7. The normalized spacial score (nSPS) is 11.0. The molecule has 0 radical (unpaired) electrons. The van der Waals surface area contributed by atoms with Crippen LogP contribution < -0.4 is 5.32 Å². The molecule has 130 valence electrons. The van der Waals surface area contributed by atoms with Crippen LogP contribution >= 0.6 is 11.6 Å². The first-order valence-electron chi connectivity index (χ1n) is 7.96. The summed E-state index contributed by atoms with van der Waals surface area (Å²) in [5.74, 6) is 0.311. The molecule has 0 saturated heterocycles. The molecule has 0 saturated carbocycles. The SMILES string of the molecule is Fc1ccc(CNc2ncnc3c2nnn3Cc2ccccc2Cl)cc1. The van der Waals surface area contributed by atoms with Crippen LogP contribution in [0.25, 0.3) is 11.2 Å². The minimum atomic E-state index is -0.263. The highest BCUT2D eigenvalue weighted by Crippen LogP contribution is 2.20. The van der Waals surface area contributed by atoms with E-state index in [1.54, 1.807) is 16.8 Å². The molecule has 0 aliphatic heterocycles. The molecule has 0 fully saturated rings. The van der Waals surface area contributed by atoms with Crippen LogP contribution in [-0.4, -0.2) is 25.0 Å². The van der Waals surface area contributed by atoms with Gasteiger partial charge < -0.3 is 5.32 Å². The highest BCUT2D eigenvalue weighted by atomic mass is 35.5. The fourth-order valence-electron chi connectivity index (χ4n) is 2.60. The van der Waals surface area contributed by atoms with E-state index in [2.05, 4.69) is 25.6 Å². The number of hydrogen-bond acceptors (Lipinski definition) is 5. The summed E-state index contributed by atoms with van der Waals surface area (Å²) in [6.45, 7) is 0.953. The molecule has 26 heavy (non-hydrogen) atoms. The van der Waals surface area contributed by atoms with Gasteiger partial charge in [0.05, 0.1) is 6.54 Å². The van der Waals surface area contributed by atoms with Crippen LogP contribution in [0.3, 0.4) is 0 Å². The minimum absolute atomic E-state index is 0.263. The topological polar surface area (TPSA) is 68.5 Å². The quantitative estimate of drug-likeness (QED) is 0.582. The Morgan fingerprint density at radius 3 is 2.65 bits per heavy atom. The van der Waals surface area contributed by atoms with E-state index in [1.807, 2.05) is 24.3 Å². The van der Waals surface area contributed by atoms with E-state index < -0.39 is 0 Å². The Labute approximate surface area is 153 Å². The summed E-state index contributed by atoms with van der Waals surface area (Å²) in [5.41, 5.74) is 3.05. The predicted octanol–water partition coefficient (Wildman–Crippen LogP) is 3.67. The van der Waals surface area contributed by atoms with Crippen molar-refractivity contribution in [3.63, 3.8) is 0 Å². The van der Waals surface area contributed by atoms with Crippen LogP contribution in [0.15, 0.2) is 54.9 Å². The number of benzene rings is 2. The van der Waals surface area contributed by atoms with Gasteiger partial charge in [0.1, 0.15) is 12.1 Å². The van der Waals surface area contributed by atoms with Gasteiger partial charge in [0, 0.05) is 11.6 Å². The van der Waals surface area contributed by atoms with Gasteiger partial charge in [0.2, 0.25) is 0 Å². The van der Waals surface area contributed by atoms with Crippen LogP contribution in [0.2, 0.25) is 5.02 Å². The largest absolute Gasteiger partial charge is 0.364 e. The third-order valence-electron chi connectivity index (χ3n) is 3.95. The maximum absolute atomic E-state index is 13.0. The smallest absolute Gasteiger partial charge is 0.184 e. The molecule has 0 unspecified atom stereocenters. The second-order valence-electron chi connectivity index (χ2n) is 5.71. The zero-order valence-corrected chi connectivity index (χ0v) is 14.4. The number of rotatable bonds is 5. The van der Waals surface area contributed by atoms with Crippen LogP contribution in [0.5, 0.6) is 0 Å². The van der Waals surface area contributed by atoms with E-state index in [1.165, 1.54) is 18.5 Å². The number of nitrogens with one attached hydrogen (secondary N) is 1. The lowest BCUT2D eigenvalue weighted by Crippen LogP contribution is -2.05. The first-order valence-corrected chi connectivity index (χ1v) is 8.34. The van der Waals surface area contributed by atoms with E-state index in [0.29, 0.717) is 35.1 Å².